The highest BCUT2D eigenvalue weighted by Gasteiger charge is 2.41. The second-order valence-corrected chi connectivity index (χ2v) is 9.26. The van der Waals surface area contributed by atoms with Gasteiger partial charge in [-0.1, -0.05) is 5.21 Å². The summed E-state index contributed by atoms with van der Waals surface area (Å²) in [4.78, 5) is 23.8. The quantitative estimate of drug-likeness (QED) is 0.368. The van der Waals surface area contributed by atoms with Gasteiger partial charge in [0.15, 0.2) is 5.82 Å². The average molecular weight is 464 g/mol. The van der Waals surface area contributed by atoms with Crippen LogP contribution >= 0.6 is 10.7 Å². The van der Waals surface area contributed by atoms with Gasteiger partial charge in [-0.2, -0.15) is 10.2 Å². The number of nitrogens with one attached hydrogen (secondary N) is 3. The number of tetrazole rings is 1. The monoisotopic (exact) mass is 463 g/mol. The lowest BCUT2D eigenvalue weighted by Gasteiger charge is -2.45. The summed E-state index contributed by atoms with van der Waals surface area (Å²) in [6, 6.07) is 1.85. The number of hydrogen-bond donors (Lipinski definition) is 3. The average Bonchev–Trinajstić information content (AvgIpc) is 3.45. The lowest BCUT2D eigenvalue weighted by molar-refractivity contribution is 0.181. The lowest BCUT2D eigenvalue weighted by Crippen LogP contribution is -2.63. The number of carbonyl (C=O) groups is 1. The van der Waals surface area contributed by atoms with Crippen molar-refractivity contribution in [3.8, 4) is 0 Å². The van der Waals surface area contributed by atoms with Gasteiger partial charge in [-0.05, 0) is 36.0 Å². The van der Waals surface area contributed by atoms with E-state index < -0.39 is 16.2 Å². The number of hydrogen-bond acceptors (Lipinski definition) is 12. The fourth-order valence-corrected chi connectivity index (χ4v) is 5.38. The van der Waals surface area contributed by atoms with E-state index in [2.05, 4.69) is 52.6 Å². The number of nitrogens with zero attached hydrogens (tertiary/aromatic N) is 8. The van der Waals surface area contributed by atoms with E-state index in [4.69, 9.17) is 9.72 Å². The molecular formula is C18H29N11O2S. The number of aromatic amines is 1. The first kappa shape index (κ1) is 22.5. The van der Waals surface area contributed by atoms with Crippen LogP contribution < -0.4 is 19.9 Å². The molecule has 0 radical (unpaired) electrons. The molecule has 32 heavy (non-hydrogen) atoms. The van der Waals surface area contributed by atoms with Crippen molar-refractivity contribution in [1.29, 1.82) is 0 Å². The number of hydrazine groups is 1. The van der Waals surface area contributed by atoms with Gasteiger partial charge in [-0.25, -0.2) is 14.8 Å². The number of rotatable bonds is 7. The molecule has 0 spiro atoms. The topological polar surface area (TPSA) is 140 Å². The summed E-state index contributed by atoms with van der Waals surface area (Å²) < 4.78 is 8.54. The van der Waals surface area contributed by atoms with Gasteiger partial charge in [-0.15, -0.1) is 10.2 Å². The van der Waals surface area contributed by atoms with Gasteiger partial charge in [0, 0.05) is 46.0 Å². The van der Waals surface area contributed by atoms with Gasteiger partial charge in [0.25, 0.3) is 0 Å². The number of carbonyl (C=O) groups excluding carboxylic acids is 1. The maximum absolute atomic E-state index is 12.4. The molecule has 4 heterocycles. The van der Waals surface area contributed by atoms with Crippen LogP contribution in [-0.4, -0.2) is 98.2 Å². The minimum atomic E-state index is -0.789. The standard InChI is InChI=1S/C18H29N11O2S/c1-4-31-17(30)32-13-18(2,12-21-32)29(28-9-7-19-8-10-28)16-20-6-5-15(22-16)27(3)11-14-23-25-26-24-14/h5-6,13,19,21H,4,7-12H2,1-3H3,(H,23,24,25,26). The molecule has 14 heteroatoms. The van der Waals surface area contributed by atoms with Crippen LogP contribution in [0.25, 0.3) is 0 Å². The summed E-state index contributed by atoms with van der Waals surface area (Å²) in [5, 5.41) is 23.6. The zero-order chi connectivity index (χ0) is 22.6. The Kier molecular flexibility index (Phi) is 6.93. The molecule has 3 N–H and O–H groups in total. The first-order valence-corrected chi connectivity index (χ1v) is 11.8. The van der Waals surface area contributed by atoms with Crippen molar-refractivity contribution in [2.75, 3.05) is 56.3 Å². The second kappa shape index (κ2) is 9.85. The predicted molar refractivity (Wildman–Crippen MR) is 122 cm³/mol. The molecule has 0 bridgehead atoms. The minimum Gasteiger partial charge on any atom is -0.457 e. The van der Waals surface area contributed by atoms with Crippen molar-refractivity contribution in [2.45, 2.75) is 25.9 Å². The fraction of sp³-hybridized carbons (Fsp3) is 0.611. The maximum Gasteiger partial charge on any atom is 0.375 e. The highest BCUT2D eigenvalue weighted by atomic mass is 32.2. The number of anilines is 2. The van der Waals surface area contributed by atoms with Gasteiger partial charge >= 0.3 is 5.30 Å². The highest BCUT2D eigenvalue weighted by Crippen LogP contribution is 2.31. The molecule has 2 aromatic rings. The van der Waals surface area contributed by atoms with Crippen LogP contribution in [0.2, 0.25) is 0 Å². The van der Waals surface area contributed by atoms with Crippen molar-refractivity contribution in [3.63, 3.8) is 0 Å². The number of aromatic nitrogens is 6. The Labute approximate surface area is 188 Å². The van der Waals surface area contributed by atoms with Crippen molar-refractivity contribution >= 4 is 33.1 Å². The van der Waals surface area contributed by atoms with Gasteiger partial charge in [0.1, 0.15) is 5.82 Å². The van der Waals surface area contributed by atoms with Crippen LogP contribution in [0.15, 0.2) is 12.3 Å². The molecular weight excluding hydrogens is 434 g/mol. The van der Waals surface area contributed by atoms with Gasteiger partial charge in [0.2, 0.25) is 5.95 Å². The Balaban J connectivity index is 1.65. The minimum absolute atomic E-state index is 0.244. The van der Waals surface area contributed by atoms with E-state index >= 15 is 0 Å². The first-order valence-electron chi connectivity index (χ1n) is 10.5. The van der Waals surface area contributed by atoms with Crippen molar-refractivity contribution in [1.82, 2.24) is 45.6 Å². The number of ether oxygens (including phenoxy) is 1. The molecule has 2 aliphatic rings. The fourth-order valence-electron chi connectivity index (χ4n) is 3.70. The third-order valence-electron chi connectivity index (χ3n) is 5.24. The molecule has 0 saturated carbocycles. The Hall–Kier alpha value is -2.68. The summed E-state index contributed by atoms with van der Waals surface area (Å²) in [6.07, 6.45) is 1.75. The molecule has 174 valence electrons. The molecule has 2 unspecified atom stereocenters. The van der Waals surface area contributed by atoms with E-state index in [9.17, 15) is 4.79 Å². The van der Waals surface area contributed by atoms with Crippen LogP contribution in [0, 0.1) is 0 Å². The van der Waals surface area contributed by atoms with E-state index in [-0.39, 0.29) is 5.30 Å². The highest BCUT2D eigenvalue weighted by molar-refractivity contribution is 8.26. The molecule has 0 aliphatic carbocycles. The normalized spacial score (nSPS) is 23.5. The van der Waals surface area contributed by atoms with Crippen LogP contribution in [0.4, 0.5) is 16.6 Å². The zero-order valence-electron chi connectivity index (χ0n) is 18.5. The van der Waals surface area contributed by atoms with Gasteiger partial charge < -0.3 is 15.0 Å². The second-order valence-electron chi connectivity index (χ2n) is 7.73. The predicted octanol–water partition coefficient (Wildman–Crippen LogP) is -0.243. The molecule has 4 rings (SSSR count). The SMILES string of the molecule is CCOC(=O)S1=CC(C)(N(c2nccc(N(C)Cc3nn[nH]n3)n2)N2CCNCC2)CN1. The van der Waals surface area contributed by atoms with E-state index in [1.165, 1.54) is 0 Å². The third-order valence-corrected chi connectivity index (χ3v) is 6.91. The smallest absolute Gasteiger partial charge is 0.375 e. The van der Waals surface area contributed by atoms with Crippen LogP contribution in [0.5, 0.6) is 0 Å². The molecule has 2 aliphatic heterocycles. The summed E-state index contributed by atoms with van der Waals surface area (Å²) >= 11 is 0. The molecule has 0 amide bonds. The van der Waals surface area contributed by atoms with Crippen LogP contribution in [0.1, 0.15) is 19.7 Å². The summed E-state index contributed by atoms with van der Waals surface area (Å²) in [5.74, 6) is 1.88. The number of H-pyrrole nitrogens is 1. The Morgan fingerprint density at radius 3 is 2.91 bits per heavy atom. The summed E-state index contributed by atoms with van der Waals surface area (Å²) in [5.41, 5.74) is -0.502. The van der Waals surface area contributed by atoms with Crippen LogP contribution in [-0.2, 0) is 11.3 Å². The Morgan fingerprint density at radius 1 is 1.38 bits per heavy atom. The first-order chi connectivity index (χ1) is 15.5. The Bertz CT molecular complexity index is 950. The molecule has 13 nitrogen and oxygen atoms in total. The van der Waals surface area contributed by atoms with Crippen molar-refractivity contribution in [3.05, 3.63) is 18.1 Å². The molecule has 1 saturated heterocycles. The molecule has 2 aromatic heterocycles. The Morgan fingerprint density at radius 2 is 2.19 bits per heavy atom. The molecule has 2 atom stereocenters. The van der Waals surface area contributed by atoms with Crippen LogP contribution in [0.3, 0.4) is 0 Å². The molecule has 0 aromatic carbocycles. The van der Waals surface area contributed by atoms with Crippen molar-refractivity contribution in [2.24, 2.45) is 0 Å². The molecule has 1 fully saturated rings. The van der Waals surface area contributed by atoms with E-state index in [0.29, 0.717) is 31.5 Å². The van der Waals surface area contributed by atoms with E-state index in [1.54, 1.807) is 6.20 Å². The zero-order valence-corrected chi connectivity index (χ0v) is 19.3. The number of piperazine rings is 1. The summed E-state index contributed by atoms with van der Waals surface area (Å²) in [7, 11) is 1.13. The van der Waals surface area contributed by atoms with E-state index in [1.807, 2.05) is 30.3 Å². The van der Waals surface area contributed by atoms with Gasteiger partial charge in [-0.3, -0.25) is 9.73 Å². The lowest BCUT2D eigenvalue weighted by atomic mass is 10.1. The summed E-state index contributed by atoms with van der Waals surface area (Å²) in [6.45, 7) is 8.63. The van der Waals surface area contributed by atoms with Gasteiger partial charge in [0.05, 0.1) is 18.7 Å². The third kappa shape index (κ3) is 4.87. The van der Waals surface area contributed by atoms with Crippen molar-refractivity contribution < 1.29 is 9.53 Å². The van der Waals surface area contributed by atoms with E-state index in [0.717, 1.165) is 32.0 Å². The maximum atomic E-state index is 12.4. The largest absolute Gasteiger partial charge is 0.457 e.